The third-order valence-corrected chi connectivity index (χ3v) is 7.24. The van der Waals surface area contributed by atoms with Gasteiger partial charge >= 0.3 is 5.97 Å². The van der Waals surface area contributed by atoms with Crippen molar-refractivity contribution in [3.05, 3.63) is 72.1 Å². The normalized spacial score (nSPS) is 17.7. The van der Waals surface area contributed by atoms with E-state index in [1.807, 2.05) is 48.7 Å². The van der Waals surface area contributed by atoms with E-state index in [4.69, 9.17) is 14.5 Å². The van der Waals surface area contributed by atoms with Gasteiger partial charge < -0.3 is 19.4 Å². The zero-order valence-electron chi connectivity index (χ0n) is 20.7. The molecule has 5 rings (SSSR count). The molecule has 0 bridgehead atoms. The molecule has 1 aliphatic rings. The van der Waals surface area contributed by atoms with Crippen LogP contribution in [0.5, 0.6) is 5.75 Å². The van der Waals surface area contributed by atoms with Crippen LogP contribution in [0.2, 0.25) is 0 Å². The summed E-state index contributed by atoms with van der Waals surface area (Å²) in [4.78, 5) is 30.0. The zero-order chi connectivity index (χ0) is 25.1. The number of fused-ring (bicyclic) bond motifs is 2. The van der Waals surface area contributed by atoms with Gasteiger partial charge in [0.15, 0.2) is 0 Å². The molecule has 1 saturated carbocycles. The second kappa shape index (κ2) is 10.4. The highest BCUT2D eigenvalue weighted by atomic mass is 16.5. The van der Waals surface area contributed by atoms with Gasteiger partial charge in [0.1, 0.15) is 5.75 Å². The molecule has 4 aromatic rings. The summed E-state index contributed by atoms with van der Waals surface area (Å²) in [6.45, 7) is 1.14. The van der Waals surface area contributed by atoms with Crippen LogP contribution in [-0.2, 0) is 16.1 Å². The third-order valence-electron chi connectivity index (χ3n) is 7.24. The second-order valence-electron chi connectivity index (χ2n) is 9.50. The number of pyridine rings is 1. The number of para-hydroxylation sites is 1. The molecule has 0 spiro atoms. The fraction of sp³-hybridized carbons (Fsp3) is 0.345. The first-order valence-electron chi connectivity index (χ1n) is 12.4. The number of carbonyl (C=O) groups is 2. The van der Waals surface area contributed by atoms with Gasteiger partial charge in [0, 0.05) is 23.5 Å². The van der Waals surface area contributed by atoms with Gasteiger partial charge in [-0.3, -0.25) is 14.6 Å². The highest BCUT2D eigenvalue weighted by Crippen LogP contribution is 2.30. The number of hydrogen-bond acceptors (Lipinski definition) is 5. The number of ether oxygens (including phenoxy) is 2. The number of amides is 1. The van der Waals surface area contributed by atoms with Crippen LogP contribution in [0, 0.1) is 11.8 Å². The maximum Gasteiger partial charge on any atom is 0.308 e. The lowest BCUT2D eigenvalue weighted by atomic mass is 9.82. The van der Waals surface area contributed by atoms with Crippen molar-refractivity contribution < 1.29 is 19.1 Å². The Balaban J connectivity index is 1.35. The summed E-state index contributed by atoms with van der Waals surface area (Å²) >= 11 is 0. The minimum Gasteiger partial charge on any atom is -0.497 e. The van der Waals surface area contributed by atoms with Gasteiger partial charge in [-0.05, 0) is 61.9 Å². The smallest absolute Gasteiger partial charge is 0.308 e. The molecule has 1 aliphatic carbocycles. The standard InChI is InChI=1S/C29H31N3O4/c1-35-24-15-22-13-14-32(18-23-12-11-20-5-3-4-6-26(20)31-23)27(22)25(16-24)28(33)30-17-19-7-9-21(10-8-19)29(34)36-2/h3-6,11-16,19,21H,7-10,17-18H2,1-2H3,(H,30,33). The van der Waals surface area contributed by atoms with Gasteiger partial charge in [-0.25, -0.2) is 0 Å². The summed E-state index contributed by atoms with van der Waals surface area (Å²) in [6, 6.07) is 17.9. The molecule has 2 aromatic heterocycles. The highest BCUT2D eigenvalue weighted by molar-refractivity contribution is 6.06. The molecule has 2 aromatic carbocycles. The van der Waals surface area contributed by atoms with Crippen molar-refractivity contribution in [2.45, 2.75) is 32.2 Å². The van der Waals surface area contributed by atoms with Gasteiger partial charge in [0.05, 0.1) is 49.0 Å². The van der Waals surface area contributed by atoms with Crippen LogP contribution in [0.3, 0.4) is 0 Å². The number of benzene rings is 2. The van der Waals surface area contributed by atoms with E-state index in [0.717, 1.165) is 53.2 Å². The Morgan fingerprint density at radius 3 is 2.58 bits per heavy atom. The van der Waals surface area contributed by atoms with E-state index in [0.29, 0.717) is 30.3 Å². The van der Waals surface area contributed by atoms with E-state index in [9.17, 15) is 9.59 Å². The maximum atomic E-state index is 13.4. The van der Waals surface area contributed by atoms with Gasteiger partial charge in [-0.2, -0.15) is 0 Å². The quantitative estimate of drug-likeness (QED) is 0.374. The third kappa shape index (κ3) is 4.91. The van der Waals surface area contributed by atoms with Crippen molar-refractivity contribution in [2.24, 2.45) is 11.8 Å². The van der Waals surface area contributed by atoms with Crippen LogP contribution in [0.1, 0.15) is 41.7 Å². The van der Waals surface area contributed by atoms with Crippen molar-refractivity contribution in [1.29, 1.82) is 0 Å². The van der Waals surface area contributed by atoms with E-state index in [1.165, 1.54) is 7.11 Å². The number of nitrogens with one attached hydrogen (secondary N) is 1. The van der Waals surface area contributed by atoms with E-state index >= 15 is 0 Å². The molecule has 2 heterocycles. The Labute approximate surface area is 210 Å². The molecule has 7 heteroatoms. The summed E-state index contributed by atoms with van der Waals surface area (Å²) in [5, 5.41) is 5.18. The Morgan fingerprint density at radius 1 is 1.00 bits per heavy atom. The molecular formula is C29H31N3O4. The van der Waals surface area contributed by atoms with Crippen LogP contribution in [0.25, 0.3) is 21.8 Å². The molecule has 0 unspecified atom stereocenters. The molecule has 1 N–H and O–H groups in total. The van der Waals surface area contributed by atoms with Crippen molar-refractivity contribution in [3.8, 4) is 5.75 Å². The summed E-state index contributed by atoms with van der Waals surface area (Å²) in [6.07, 6.45) is 5.40. The van der Waals surface area contributed by atoms with Crippen molar-refractivity contribution >= 4 is 33.7 Å². The van der Waals surface area contributed by atoms with Crippen LogP contribution in [0.15, 0.2) is 60.8 Å². The maximum absolute atomic E-state index is 13.4. The van der Waals surface area contributed by atoms with E-state index in [1.54, 1.807) is 13.2 Å². The van der Waals surface area contributed by atoms with Crippen molar-refractivity contribution in [2.75, 3.05) is 20.8 Å². The monoisotopic (exact) mass is 485 g/mol. The molecule has 36 heavy (non-hydrogen) atoms. The summed E-state index contributed by atoms with van der Waals surface area (Å²) in [5.41, 5.74) is 3.32. The number of hydrogen-bond donors (Lipinski definition) is 1. The van der Waals surface area contributed by atoms with E-state index in [2.05, 4.69) is 16.0 Å². The van der Waals surface area contributed by atoms with Crippen LogP contribution >= 0.6 is 0 Å². The first-order valence-corrected chi connectivity index (χ1v) is 12.4. The minimum atomic E-state index is -0.127. The molecule has 186 valence electrons. The fourth-order valence-electron chi connectivity index (χ4n) is 5.22. The molecule has 0 atom stereocenters. The highest BCUT2D eigenvalue weighted by Gasteiger charge is 2.27. The van der Waals surface area contributed by atoms with Gasteiger partial charge in [-0.1, -0.05) is 24.3 Å². The Bertz CT molecular complexity index is 1400. The van der Waals surface area contributed by atoms with Crippen molar-refractivity contribution in [1.82, 2.24) is 14.9 Å². The summed E-state index contributed by atoms with van der Waals surface area (Å²) < 4.78 is 12.4. The first-order chi connectivity index (χ1) is 17.6. The van der Waals surface area contributed by atoms with E-state index < -0.39 is 0 Å². The van der Waals surface area contributed by atoms with Crippen LogP contribution in [-0.4, -0.2) is 42.2 Å². The lowest BCUT2D eigenvalue weighted by molar-refractivity contribution is -0.146. The van der Waals surface area contributed by atoms with Crippen LogP contribution < -0.4 is 10.1 Å². The predicted octanol–water partition coefficient (Wildman–Crippen LogP) is 4.96. The number of esters is 1. The lowest BCUT2D eigenvalue weighted by Gasteiger charge is -2.27. The average Bonchev–Trinajstić information content (AvgIpc) is 3.33. The number of rotatable bonds is 7. The van der Waals surface area contributed by atoms with Gasteiger partial charge in [0.2, 0.25) is 0 Å². The average molecular weight is 486 g/mol. The number of nitrogens with zero attached hydrogens (tertiary/aromatic N) is 2. The first kappa shape index (κ1) is 23.9. The summed E-state index contributed by atoms with van der Waals surface area (Å²) in [5.74, 6) is 0.725. The van der Waals surface area contributed by atoms with Crippen LogP contribution in [0.4, 0.5) is 0 Å². The van der Waals surface area contributed by atoms with E-state index in [-0.39, 0.29) is 17.8 Å². The minimum absolute atomic E-state index is 0.0213. The topological polar surface area (TPSA) is 82.5 Å². The Morgan fingerprint density at radius 2 is 1.81 bits per heavy atom. The zero-order valence-corrected chi connectivity index (χ0v) is 20.7. The van der Waals surface area contributed by atoms with Crippen molar-refractivity contribution in [3.63, 3.8) is 0 Å². The molecule has 1 fully saturated rings. The number of carbonyl (C=O) groups excluding carboxylic acids is 2. The molecular weight excluding hydrogens is 454 g/mol. The Kier molecular flexibility index (Phi) is 6.89. The van der Waals surface area contributed by atoms with Gasteiger partial charge in [-0.15, -0.1) is 0 Å². The SMILES string of the molecule is COC(=O)C1CCC(CNC(=O)c2cc(OC)cc3ccn(Cc4ccc5ccccc5n4)c23)CC1. The molecule has 0 saturated heterocycles. The second-order valence-corrected chi connectivity index (χ2v) is 9.50. The predicted molar refractivity (Wildman–Crippen MR) is 139 cm³/mol. The lowest BCUT2D eigenvalue weighted by Crippen LogP contribution is -2.33. The molecule has 7 nitrogen and oxygen atoms in total. The summed E-state index contributed by atoms with van der Waals surface area (Å²) in [7, 11) is 3.05. The molecule has 0 radical (unpaired) electrons. The largest absolute Gasteiger partial charge is 0.497 e. The number of aromatic nitrogens is 2. The fourth-order valence-corrected chi connectivity index (χ4v) is 5.22. The molecule has 1 amide bonds. The van der Waals surface area contributed by atoms with Gasteiger partial charge in [0.25, 0.3) is 5.91 Å². The number of methoxy groups -OCH3 is 2. The molecule has 0 aliphatic heterocycles. The Hall–Kier alpha value is -3.87.